The highest BCUT2D eigenvalue weighted by Gasteiger charge is 2.13. The maximum absolute atomic E-state index is 9.37. The van der Waals surface area contributed by atoms with Crippen molar-refractivity contribution in [2.75, 3.05) is 0 Å². The Labute approximate surface area is 133 Å². The van der Waals surface area contributed by atoms with Gasteiger partial charge in [0.2, 0.25) is 0 Å². The number of rotatable bonds is 2. The fraction of sp³-hybridized carbons (Fsp3) is 0.118. The van der Waals surface area contributed by atoms with Crippen LogP contribution in [0.2, 0.25) is 10.0 Å². The van der Waals surface area contributed by atoms with Crippen molar-refractivity contribution < 1.29 is 0 Å². The van der Waals surface area contributed by atoms with E-state index in [0.29, 0.717) is 16.6 Å². The first-order chi connectivity index (χ1) is 10.1. The summed E-state index contributed by atoms with van der Waals surface area (Å²) < 4.78 is 2.13. The minimum absolute atomic E-state index is 0.545. The van der Waals surface area contributed by atoms with E-state index in [1.165, 1.54) is 0 Å². The van der Waals surface area contributed by atoms with Crippen molar-refractivity contribution in [3.05, 3.63) is 69.3 Å². The molecule has 1 heterocycles. The summed E-state index contributed by atoms with van der Waals surface area (Å²) in [5, 5.41) is 11.5. The maximum Gasteiger partial charge on any atom is 0.102 e. The number of hydrogen-bond acceptors (Lipinski definition) is 1. The van der Waals surface area contributed by atoms with Crippen LogP contribution in [0.5, 0.6) is 0 Å². The third-order valence-corrected chi connectivity index (χ3v) is 4.41. The molecule has 0 radical (unpaired) electrons. The summed E-state index contributed by atoms with van der Waals surface area (Å²) in [5.74, 6) is 0. The van der Waals surface area contributed by atoms with Crippen LogP contribution in [-0.4, -0.2) is 4.57 Å². The zero-order valence-electron chi connectivity index (χ0n) is 11.4. The third-order valence-electron chi connectivity index (χ3n) is 3.67. The van der Waals surface area contributed by atoms with Crippen LogP contribution < -0.4 is 0 Å². The van der Waals surface area contributed by atoms with Gasteiger partial charge >= 0.3 is 0 Å². The van der Waals surface area contributed by atoms with Gasteiger partial charge in [0.1, 0.15) is 6.07 Å². The Bertz CT molecular complexity index is 872. The highest BCUT2D eigenvalue weighted by atomic mass is 35.5. The zero-order chi connectivity index (χ0) is 15.0. The van der Waals surface area contributed by atoms with E-state index < -0.39 is 0 Å². The Balaban J connectivity index is 2.14. The number of benzene rings is 2. The first-order valence-electron chi connectivity index (χ1n) is 6.53. The monoisotopic (exact) mass is 314 g/mol. The molecule has 2 aromatic carbocycles. The first kappa shape index (κ1) is 14.0. The molecule has 2 nitrogen and oxygen atoms in total. The molecule has 1 aromatic heterocycles. The molecule has 0 bridgehead atoms. The Hall–Kier alpha value is -1.95. The van der Waals surface area contributed by atoms with E-state index >= 15 is 0 Å². The molecule has 0 aliphatic rings. The molecule has 104 valence electrons. The zero-order valence-corrected chi connectivity index (χ0v) is 12.9. The van der Waals surface area contributed by atoms with Gasteiger partial charge in [-0.3, -0.25) is 0 Å². The molecule has 0 amide bonds. The second-order valence-electron chi connectivity index (χ2n) is 4.92. The number of fused-ring (bicyclic) bond motifs is 1. The van der Waals surface area contributed by atoms with Crippen molar-refractivity contribution in [3.8, 4) is 6.07 Å². The molecule has 21 heavy (non-hydrogen) atoms. The van der Waals surface area contributed by atoms with Crippen LogP contribution in [0, 0.1) is 18.3 Å². The molecular weight excluding hydrogens is 303 g/mol. The SMILES string of the molecule is Cc1c(C#N)c2ccccc2n1Cc1ccc(Cl)c(Cl)c1. The highest BCUT2D eigenvalue weighted by molar-refractivity contribution is 6.42. The van der Waals surface area contributed by atoms with Crippen molar-refractivity contribution >= 4 is 34.1 Å². The second-order valence-corrected chi connectivity index (χ2v) is 5.74. The van der Waals surface area contributed by atoms with Gasteiger partial charge in [0.15, 0.2) is 0 Å². The summed E-state index contributed by atoms with van der Waals surface area (Å²) in [4.78, 5) is 0. The van der Waals surface area contributed by atoms with Crippen LogP contribution in [0.3, 0.4) is 0 Å². The smallest absolute Gasteiger partial charge is 0.102 e. The van der Waals surface area contributed by atoms with Gasteiger partial charge in [0.05, 0.1) is 15.6 Å². The molecule has 0 atom stereocenters. The van der Waals surface area contributed by atoms with E-state index in [1.54, 1.807) is 6.07 Å². The Morgan fingerprint density at radius 3 is 2.57 bits per heavy atom. The average molecular weight is 315 g/mol. The molecule has 0 saturated carbocycles. The lowest BCUT2D eigenvalue weighted by Gasteiger charge is -2.09. The standard InChI is InChI=1S/C17H12Cl2N2/c1-11-14(9-20)13-4-2-3-5-17(13)21(11)10-12-6-7-15(18)16(19)8-12/h2-8H,10H2,1H3. The minimum atomic E-state index is 0.545. The van der Waals surface area contributed by atoms with Crippen LogP contribution in [0.4, 0.5) is 0 Å². The van der Waals surface area contributed by atoms with Crippen LogP contribution in [0.1, 0.15) is 16.8 Å². The fourth-order valence-electron chi connectivity index (χ4n) is 2.60. The van der Waals surface area contributed by atoms with E-state index in [-0.39, 0.29) is 0 Å². The van der Waals surface area contributed by atoms with Gasteiger partial charge in [-0.15, -0.1) is 0 Å². The summed E-state index contributed by atoms with van der Waals surface area (Å²) in [7, 11) is 0. The van der Waals surface area contributed by atoms with Crippen LogP contribution >= 0.6 is 23.2 Å². The molecular formula is C17H12Cl2N2. The molecule has 3 rings (SSSR count). The molecule has 4 heteroatoms. The van der Waals surface area contributed by atoms with Gasteiger partial charge in [-0.05, 0) is 30.7 Å². The van der Waals surface area contributed by atoms with E-state index in [4.69, 9.17) is 23.2 Å². The molecule has 0 aliphatic heterocycles. The Kier molecular flexibility index (Phi) is 3.63. The molecule has 0 unspecified atom stereocenters. The summed E-state index contributed by atoms with van der Waals surface area (Å²) in [6.45, 7) is 2.63. The second kappa shape index (κ2) is 5.44. The van der Waals surface area contributed by atoms with Gasteiger partial charge in [-0.1, -0.05) is 47.5 Å². The Morgan fingerprint density at radius 2 is 1.86 bits per heavy atom. The van der Waals surface area contributed by atoms with Gasteiger partial charge in [0.25, 0.3) is 0 Å². The summed E-state index contributed by atoms with van der Waals surface area (Å²) in [6.07, 6.45) is 0. The van der Waals surface area contributed by atoms with Gasteiger partial charge < -0.3 is 4.57 Å². The largest absolute Gasteiger partial charge is 0.339 e. The first-order valence-corrected chi connectivity index (χ1v) is 7.29. The van der Waals surface area contributed by atoms with E-state index in [1.807, 2.05) is 43.3 Å². The van der Waals surface area contributed by atoms with E-state index in [2.05, 4.69) is 10.6 Å². The lowest BCUT2D eigenvalue weighted by atomic mass is 10.1. The average Bonchev–Trinajstić information content (AvgIpc) is 2.75. The number of para-hydroxylation sites is 1. The topological polar surface area (TPSA) is 28.7 Å². The lowest BCUT2D eigenvalue weighted by Crippen LogP contribution is -2.02. The van der Waals surface area contributed by atoms with E-state index in [9.17, 15) is 5.26 Å². The van der Waals surface area contributed by atoms with Gasteiger partial charge in [0, 0.05) is 23.1 Å². The lowest BCUT2D eigenvalue weighted by molar-refractivity contribution is 0.803. The molecule has 0 saturated heterocycles. The molecule has 0 spiro atoms. The molecule has 3 aromatic rings. The number of halogens is 2. The van der Waals surface area contributed by atoms with Crippen molar-refractivity contribution in [1.82, 2.24) is 4.57 Å². The van der Waals surface area contributed by atoms with Crippen molar-refractivity contribution in [1.29, 1.82) is 5.26 Å². The van der Waals surface area contributed by atoms with E-state index in [0.717, 1.165) is 27.7 Å². The summed E-state index contributed by atoms with van der Waals surface area (Å²) in [5.41, 5.74) is 3.80. The number of nitrogens with zero attached hydrogens (tertiary/aromatic N) is 2. The van der Waals surface area contributed by atoms with Crippen LogP contribution in [-0.2, 0) is 6.54 Å². The predicted molar refractivity (Wildman–Crippen MR) is 87.0 cm³/mol. The quantitative estimate of drug-likeness (QED) is 0.641. The number of aromatic nitrogens is 1. The van der Waals surface area contributed by atoms with Crippen molar-refractivity contribution in [2.24, 2.45) is 0 Å². The summed E-state index contributed by atoms with van der Waals surface area (Å²) >= 11 is 12.0. The molecule has 0 aliphatic carbocycles. The summed E-state index contributed by atoms with van der Waals surface area (Å²) in [6, 6.07) is 15.8. The fourth-order valence-corrected chi connectivity index (χ4v) is 2.92. The number of nitriles is 1. The highest BCUT2D eigenvalue weighted by Crippen LogP contribution is 2.28. The van der Waals surface area contributed by atoms with Crippen molar-refractivity contribution in [2.45, 2.75) is 13.5 Å². The number of hydrogen-bond donors (Lipinski definition) is 0. The van der Waals surface area contributed by atoms with Gasteiger partial charge in [-0.2, -0.15) is 5.26 Å². The van der Waals surface area contributed by atoms with Crippen LogP contribution in [0.25, 0.3) is 10.9 Å². The normalized spacial score (nSPS) is 10.8. The molecule has 0 N–H and O–H groups in total. The maximum atomic E-state index is 9.37. The van der Waals surface area contributed by atoms with Gasteiger partial charge in [-0.25, -0.2) is 0 Å². The third kappa shape index (κ3) is 2.40. The van der Waals surface area contributed by atoms with Crippen molar-refractivity contribution in [3.63, 3.8) is 0 Å². The minimum Gasteiger partial charge on any atom is -0.339 e. The Morgan fingerprint density at radius 1 is 1.10 bits per heavy atom. The predicted octanol–water partition coefficient (Wildman–Crippen LogP) is 5.18. The molecule has 0 fully saturated rings. The van der Waals surface area contributed by atoms with Crippen LogP contribution in [0.15, 0.2) is 42.5 Å².